The number of aromatic carboxylic acids is 1. The van der Waals surface area contributed by atoms with Crippen molar-refractivity contribution in [3.63, 3.8) is 0 Å². The van der Waals surface area contributed by atoms with Crippen molar-refractivity contribution >= 4 is 27.4 Å². The Kier molecular flexibility index (Phi) is 7.67. The van der Waals surface area contributed by atoms with Gasteiger partial charge in [0.25, 0.3) is 10.0 Å². The molecular formula is C22H30N2O4S. The Morgan fingerprint density at radius 2 is 1.62 bits per heavy atom. The predicted octanol–water partition coefficient (Wildman–Crippen LogP) is 4.94. The van der Waals surface area contributed by atoms with E-state index in [1.54, 1.807) is 30.3 Å². The molecule has 0 fully saturated rings. The highest BCUT2D eigenvalue weighted by atomic mass is 32.2. The summed E-state index contributed by atoms with van der Waals surface area (Å²) in [6, 6.07) is 11.3. The minimum absolute atomic E-state index is 0.0366. The molecule has 0 saturated heterocycles. The molecule has 2 rings (SSSR count). The van der Waals surface area contributed by atoms with Crippen LogP contribution in [0.25, 0.3) is 0 Å². The molecule has 0 radical (unpaired) electrons. The third-order valence-corrected chi connectivity index (χ3v) is 6.05. The third kappa shape index (κ3) is 5.73. The standard InChI is InChI=1S/C22H30N2O4S/c1-5-13-24(14-6-2)21-12-9-18(22(25)26)15-20(21)23-29(27,28)19-10-7-17(8-11-19)16(3)4/h7-12,15-16,23H,5-6,13-14H2,1-4H3,(H,25,26). The molecule has 0 amide bonds. The highest BCUT2D eigenvalue weighted by Crippen LogP contribution is 2.30. The molecule has 2 aromatic rings. The number of sulfonamides is 1. The Morgan fingerprint density at radius 1 is 1.03 bits per heavy atom. The molecule has 0 aliphatic rings. The zero-order valence-corrected chi connectivity index (χ0v) is 18.3. The van der Waals surface area contributed by atoms with Gasteiger partial charge in [-0.05, 0) is 54.7 Å². The number of carboxylic acids is 1. The van der Waals surface area contributed by atoms with Crippen LogP contribution < -0.4 is 9.62 Å². The minimum Gasteiger partial charge on any atom is -0.478 e. The SMILES string of the molecule is CCCN(CCC)c1ccc(C(=O)O)cc1NS(=O)(=O)c1ccc(C(C)C)cc1. The number of benzene rings is 2. The van der Waals surface area contributed by atoms with Crippen LogP contribution in [-0.2, 0) is 10.0 Å². The van der Waals surface area contributed by atoms with Crippen LogP contribution in [0.4, 0.5) is 11.4 Å². The van der Waals surface area contributed by atoms with Crippen LogP contribution in [-0.4, -0.2) is 32.6 Å². The fraction of sp³-hybridized carbons (Fsp3) is 0.409. The number of carbonyl (C=O) groups is 1. The van der Waals surface area contributed by atoms with Crippen molar-refractivity contribution in [2.45, 2.75) is 51.3 Å². The Bertz CT molecular complexity index is 932. The lowest BCUT2D eigenvalue weighted by Gasteiger charge is -2.27. The van der Waals surface area contributed by atoms with Gasteiger partial charge >= 0.3 is 5.97 Å². The Balaban J connectivity index is 2.47. The molecule has 2 aromatic carbocycles. The van der Waals surface area contributed by atoms with Gasteiger partial charge in [0.2, 0.25) is 0 Å². The third-order valence-electron chi connectivity index (χ3n) is 4.67. The maximum atomic E-state index is 13.0. The lowest BCUT2D eigenvalue weighted by atomic mass is 10.0. The van der Waals surface area contributed by atoms with Gasteiger partial charge in [0.15, 0.2) is 0 Å². The second-order valence-electron chi connectivity index (χ2n) is 7.35. The van der Waals surface area contributed by atoms with Crippen LogP contribution in [0.5, 0.6) is 0 Å². The maximum Gasteiger partial charge on any atom is 0.335 e. The van der Waals surface area contributed by atoms with E-state index in [2.05, 4.69) is 23.5 Å². The summed E-state index contributed by atoms with van der Waals surface area (Å²) in [6.07, 6.45) is 1.78. The van der Waals surface area contributed by atoms with E-state index in [1.165, 1.54) is 12.1 Å². The molecule has 0 unspecified atom stereocenters. The monoisotopic (exact) mass is 418 g/mol. The second-order valence-corrected chi connectivity index (χ2v) is 9.04. The van der Waals surface area contributed by atoms with Crippen molar-refractivity contribution in [1.29, 1.82) is 0 Å². The first-order chi connectivity index (χ1) is 13.7. The number of nitrogens with zero attached hydrogens (tertiary/aromatic N) is 1. The smallest absolute Gasteiger partial charge is 0.335 e. The summed E-state index contributed by atoms with van der Waals surface area (Å²) in [7, 11) is -3.85. The van der Waals surface area contributed by atoms with E-state index in [0.29, 0.717) is 11.6 Å². The lowest BCUT2D eigenvalue weighted by Crippen LogP contribution is -2.27. The Labute approximate surface area is 173 Å². The van der Waals surface area contributed by atoms with Crippen LogP contribution in [0.3, 0.4) is 0 Å². The van der Waals surface area contributed by atoms with Crippen LogP contribution in [0.1, 0.15) is 62.4 Å². The average Bonchev–Trinajstić information content (AvgIpc) is 2.67. The Hall–Kier alpha value is -2.54. The number of anilines is 2. The predicted molar refractivity (Wildman–Crippen MR) is 118 cm³/mol. The van der Waals surface area contributed by atoms with Gasteiger partial charge in [-0.25, -0.2) is 13.2 Å². The summed E-state index contributed by atoms with van der Waals surface area (Å²) in [5.41, 5.74) is 2.05. The number of nitrogens with one attached hydrogen (secondary N) is 1. The van der Waals surface area contributed by atoms with E-state index in [9.17, 15) is 18.3 Å². The zero-order chi connectivity index (χ0) is 21.6. The van der Waals surface area contributed by atoms with E-state index in [0.717, 1.165) is 31.5 Å². The van der Waals surface area contributed by atoms with Gasteiger partial charge in [-0.2, -0.15) is 0 Å². The number of carboxylic acid groups (broad SMARTS) is 1. The minimum atomic E-state index is -3.85. The molecule has 6 nitrogen and oxygen atoms in total. The molecule has 0 saturated carbocycles. The van der Waals surface area contributed by atoms with Crippen molar-refractivity contribution in [1.82, 2.24) is 0 Å². The van der Waals surface area contributed by atoms with Crippen LogP contribution in [0.2, 0.25) is 0 Å². The quantitative estimate of drug-likeness (QED) is 0.571. The normalized spacial score (nSPS) is 11.5. The molecule has 7 heteroatoms. The first kappa shape index (κ1) is 22.7. The molecule has 0 spiro atoms. The molecule has 29 heavy (non-hydrogen) atoms. The summed E-state index contributed by atoms with van der Waals surface area (Å²) < 4.78 is 28.6. The van der Waals surface area contributed by atoms with E-state index in [1.807, 2.05) is 13.8 Å². The van der Waals surface area contributed by atoms with Gasteiger partial charge in [0, 0.05) is 13.1 Å². The van der Waals surface area contributed by atoms with Crippen molar-refractivity contribution < 1.29 is 18.3 Å². The van der Waals surface area contributed by atoms with Gasteiger partial charge in [-0.1, -0.05) is 39.8 Å². The van der Waals surface area contributed by atoms with Crippen molar-refractivity contribution in [3.8, 4) is 0 Å². The number of hydrogen-bond acceptors (Lipinski definition) is 4. The maximum absolute atomic E-state index is 13.0. The van der Waals surface area contributed by atoms with E-state index < -0.39 is 16.0 Å². The molecular weight excluding hydrogens is 388 g/mol. The summed E-state index contributed by atoms with van der Waals surface area (Å²) in [5.74, 6) is -0.800. The van der Waals surface area contributed by atoms with Crippen molar-refractivity contribution in [2.75, 3.05) is 22.7 Å². The lowest BCUT2D eigenvalue weighted by molar-refractivity contribution is 0.0697. The second kappa shape index (κ2) is 9.78. The first-order valence-corrected chi connectivity index (χ1v) is 11.4. The zero-order valence-electron chi connectivity index (χ0n) is 17.5. The molecule has 158 valence electrons. The molecule has 0 aliphatic carbocycles. The molecule has 0 bridgehead atoms. The van der Waals surface area contributed by atoms with E-state index >= 15 is 0 Å². The van der Waals surface area contributed by atoms with Crippen LogP contribution in [0.15, 0.2) is 47.4 Å². The van der Waals surface area contributed by atoms with Gasteiger partial charge in [0.1, 0.15) is 0 Å². The Morgan fingerprint density at radius 3 is 2.10 bits per heavy atom. The summed E-state index contributed by atoms with van der Waals surface area (Å²) >= 11 is 0. The van der Waals surface area contributed by atoms with Gasteiger partial charge in [-0.15, -0.1) is 0 Å². The molecule has 2 N–H and O–H groups in total. The van der Waals surface area contributed by atoms with Crippen molar-refractivity contribution in [3.05, 3.63) is 53.6 Å². The summed E-state index contributed by atoms with van der Waals surface area (Å²) in [5, 5.41) is 9.35. The molecule has 0 atom stereocenters. The van der Waals surface area contributed by atoms with Crippen LogP contribution in [0, 0.1) is 0 Å². The first-order valence-electron chi connectivity index (χ1n) is 9.94. The van der Waals surface area contributed by atoms with E-state index in [-0.39, 0.29) is 16.1 Å². The number of hydrogen-bond donors (Lipinski definition) is 2. The molecule has 0 aliphatic heterocycles. The average molecular weight is 419 g/mol. The van der Waals surface area contributed by atoms with Gasteiger partial charge in [0.05, 0.1) is 21.8 Å². The van der Waals surface area contributed by atoms with Crippen molar-refractivity contribution in [2.24, 2.45) is 0 Å². The largest absolute Gasteiger partial charge is 0.478 e. The van der Waals surface area contributed by atoms with Gasteiger partial charge < -0.3 is 10.0 Å². The summed E-state index contributed by atoms with van der Waals surface area (Å²) in [4.78, 5) is 13.7. The molecule has 0 aromatic heterocycles. The number of rotatable bonds is 10. The van der Waals surface area contributed by atoms with Gasteiger partial charge in [-0.3, -0.25) is 4.72 Å². The van der Waals surface area contributed by atoms with Crippen LogP contribution >= 0.6 is 0 Å². The topological polar surface area (TPSA) is 86.7 Å². The fourth-order valence-electron chi connectivity index (χ4n) is 3.15. The highest BCUT2D eigenvalue weighted by molar-refractivity contribution is 7.92. The highest BCUT2D eigenvalue weighted by Gasteiger charge is 2.20. The van der Waals surface area contributed by atoms with E-state index in [4.69, 9.17) is 0 Å². The molecule has 0 heterocycles. The fourth-order valence-corrected chi connectivity index (χ4v) is 4.22. The summed E-state index contributed by atoms with van der Waals surface area (Å²) in [6.45, 7) is 9.68.